The fourth-order valence-electron chi connectivity index (χ4n) is 0. The molecular formula is CH3CoNO3+2. The first kappa shape index (κ1) is 9.20. The Kier molecular flexibility index (Phi) is 7.22. The summed E-state index contributed by atoms with van der Waals surface area (Å²) >= 11 is 0. The van der Waals surface area contributed by atoms with Gasteiger partial charge in [0, 0.05) is 0 Å². The average molecular weight is 136 g/mol. The quantitative estimate of drug-likeness (QED) is 0.371. The Morgan fingerprint density at radius 3 is 2.00 bits per heavy atom. The van der Waals surface area contributed by atoms with Gasteiger partial charge in [-0.3, -0.25) is 0 Å². The smallest absolute Gasteiger partial charge is 0.317 e. The van der Waals surface area contributed by atoms with E-state index in [1.807, 2.05) is 0 Å². The summed E-state index contributed by atoms with van der Waals surface area (Å²) in [6.45, 7) is 0. The van der Waals surface area contributed by atoms with Crippen molar-refractivity contribution in [2.24, 2.45) is 0 Å². The molecule has 0 aromatic rings. The maximum absolute atomic E-state index is 8.95. The largest absolute Gasteiger partial charge is 2.00 e. The van der Waals surface area contributed by atoms with Crippen molar-refractivity contribution < 1.29 is 26.7 Å². The molecule has 0 bridgehead atoms. The van der Waals surface area contributed by atoms with E-state index in [0.717, 1.165) is 7.11 Å². The standard InChI is InChI=1S/CH3NO3.Co/c1-5-2(3)4;/h1H3;/q;+2. The summed E-state index contributed by atoms with van der Waals surface area (Å²) in [4.78, 5) is 12.4. The minimum absolute atomic E-state index is 0. The molecule has 0 rings (SSSR count). The van der Waals surface area contributed by atoms with E-state index in [0.29, 0.717) is 0 Å². The van der Waals surface area contributed by atoms with E-state index in [1.165, 1.54) is 0 Å². The molecule has 0 saturated carbocycles. The third-order valence-corrected chi connectivity index (χ3v) is 0.149. The molecular weight excluding hydrogens is 133 g/mol. The normalized spacial score (nSPS) is 5.50. The van der Waals surface area contributed by atoms with Crippen molar-refractivity contribution in [2.45, 2.75) is 0 Å². The summed E-state index contributed by atoms with van der Waals surface area (Å²) in [6, 6.07) is 0. The fourth-order valence-corrected chi connectivity index (χ4v) is 0. The fraction of sp³-hybridized carbons (Fsp3) is 1.00. The van der Waals surface area contributed by atoms with E-state index in [-0.39, 0.29) is 16.8 Å². The van der Waals surface area contributed by atoms with Gasteiger partial charge in [0.2, 0.25) is 0 Å². The van der Waals surface area contributed by atoms with Gasteiger partial charge in [0.05, 0.1) is 7.11 Å². The molecule has 0 aliphatic carbocycles. The van der Waals surface area contributed by atoms with E-state index in [4.69, 9.17) is 10.1 Å². The summed E-state index contributed by atoms with van der Waals surface area (Å²) in [6.07, 6.45) is 0. The molecule has 0 spiro atoms. The van der Waals surface area contributed by atoms with Crippen LogP contribution < -0.4 is 0 Å². The van der Waals surface area contributed by atoms with Gasteiger partial charge in [-0.15, -0.1) is 10.1 Å². The molecule has 0 unspecified atom stereocenters. The van der Waals surface area contributed by atoms with E-state index < -0.39 is 5.09 Å². The maximum Gasteiger partial charge on any atom is 2.00 e. The topological polar surface area (TPSA) is 52.4 Å². The molecule has 0 fully saturated rings. The van der Waals surface area contributed by atoms with Gasteiger partial charge in [0.15, 0.2) is 0 Å². The summed E-state index contributed by atoms with van der Waals surface area (Å²) < 4.78 is 0. The Morgan fingerprint density at radius 2 is 2.00 bits per heavy atom. The predicted molar refractivity (Wildman–Crippen MR) is 14.0 cm³/mol. The molecule has 0 atom stereocenters. The zero-order chi connectivity index (χ0) is 4.28. The third-order valence-electron chi connectivity index (χ3n) is 0.149. The molecule has 1 radical (unpaired) electrons. The second-order valence-electron chi connectivity index (χ2n) is 0.406. The van der Waals surface area contributed by atoms with Crippen molar-refractivity contribution >= 4 is 0 Å². The molecule has 0 heterocycles. The summed E-state index contributed by atoms with van der Waals surface area (Å²) in [5, 5.41) is 8.08. The minimum Gasteiger partial charge on any atom is -0.317 e. The summed E-state index contributed by atoms with van der Waals surface area (Å²) in [5.74, 6) is 0. The summed E-state index contributed by atoms with van der Waals surface area (Å²) in [7, 11) is 1.00. The van der Waals surface area contributed by atoms with Gasteiger partial charge < -0.3 is 4.84 Å². The molecule has 0 aliphatic heterocycles. The molecule has 5 heteroatoms. The van der Waals surface area contributed by atoms with Crippen LogP contribution in [0.5, 0.6) is 0 Å². The Labute approximate surface area is 44.8 Å². The summed E-state index contributed by atoms with van der Waals surface area (Å²) in [5.41, 5.74) is 0. The van der Waals surface area contributed by atoms with Gasteiger partial charge in [0.1, 0.15) is 0 Å². The van der Waals surface area contributed by atoms with Crippen molar-refractivity contribution in [3.63, 3.8) is 0 Å². The molecule has 4 nitrogen and oxygen atoms in total. The van der Waals surface area contributed by atoms with Gasteiger partial charge in [0.25, 0.3) is 5.09 Å². The monoisotopic (exact) mass is 136 g/mol. The number of rotatable bonds is 1. The molecule has 0 amide bonds. The molecule has 6 heavy (non-hydrogen) atoms. The predicted octanol–water partition coefficient (Wildman–Crippen LogP) is -0.178. The van der Waals surface area contributed by atoms with Gasteiger partial charge in [-0.25, -0.2) is 0 Å². The number of hydrogen-bond acceptors (Lipinski definition) is 3. The van der Waals surface area contributed by atoms with Crippen molar-refractivity contribution in [1.29, 1.82) is 0 Å². The first-order valence-electron chi connectivity index (χ1n) is 0.956. The van der Waals surface area contributed by atoms with Crippen LogP contribution in [0.2, 0.25) is 0 Å². The van der Waals surface area contributed by atoms with Crippen LogP contribution >= 0.6 is 0 Å². The molecule has 37 valence electrons. The van der Waals surface area contributed by atoms with Crippen LogP contribution in [-0.2, 0) is 21.6 Å². The van der Waals surface area contributed by atoms with Crippen LogP contribution in [0, 0.1) is 10.1 Å². The van der Waals surface area contributed by atoms with Crippen LogP contribution in [-0.4, -0.2) is 12.2 Å². The zero-order valence-corrected chi connectivity index (χ0v) is 4.05. The van der Waals surface area contributed by atoms with Gasteiger partial charge in [-0.2, -0.15) is 0 Å². The van der Waals surface area contributed by atoms with E-state index in [9.17, 15) is 0 Å². The first-order valence-corrected chi connectivity index (χ1v) is 0.956. The van der Waals surface area contributed by atoms with Gasteiger partial charge >= 0.3 is 16.8 Å². The van der Waals surface area contributed by atoms with Crippen molar-refractivity contribution in [3.8, 4) is 0 Å². The van der Waals surface area contributed by atoms with Crippen molar-refractivity contribution in [1.82, 2.24) is 0 Å². The van der Waals surface area contributed by atoms with Crippen LogP contribution in [0.15, 0.2) is 0 Å². The minimum atomic E-state index is -0.875. The Bertz CT molecular complexity index is 46.1. The van der Waals surface area contributed by atoms with Crippen LogP contribution in [0.1, 0.15) is 0 Å². The second kappa shape index (κ2) is 4.71. The van der Waals surface area contributed by atoms with Crippen LogP contribution in [0.25, 0.3) is 0 Å². The molecule has 0 saturated heterocycles. The van der Waals surface area contributed by atoms with E-state index in [2.05, 4.69) is 4.84 Å². The van der Waals surface area contributed by atoms with Crippen LogP contribution in [0.4, 0.5) is 0 Å². The Morgan fingerprint density at radius 1 is 1.83 bits per heavy atom. The van der Waals surface area contributed by atoms with E-state index >= 15 is 0 Å². The number of nitrogens with zero attached hydrogens (tertiary/aromatic N) is 1. The molecule has 0 N–H and O–H groups in total. The van der Waals surface area contributed by atoms with Gasteiger partial charge in [-0.05, 0) is 0 Å². The first-order chi connectivity index (χ1) is 2.27. The van der Waals surface area contributed by atoms with Crippen LogP contribution in [0.3, 0.4) is 0 Å². The van der Waals surface area contributed by atoms with Gasteiger partial charge in [-0.1, -0.05) is 0 Å². The Balaban J connectivity index is 0. The average Bonchev–Trinajstić information content (AvgIpc) is 1.38. The van der Waals surface area contributed by atoms with Crippen molar-refractivity contribution in [3.05, 3.63) is 10.1 Å². The zero-order valence-electron chi connectivity index (χ0n) is 3.01. The SMILES string of the molecule is CO[N+](=O)[O-].[Co+2]. The number of hydrogen-bond donors (Lipinski definition) is 0. The third kappa shape index (κ3) is 9.32. The van der Waals surface area contributed by atoms with E-state index in [1.54, 1.807) is 0 Å². The Hall–Kier alpha value is -0.294. The molecule has 0 aromatic carbocycles. The maximum atomic E-state index is 8.95. The molecule has 0 aliphatic rings. The second-order valence-corrected chi connectivity index (χ2v) is 0.406. The molecule has 0 aromatic heterocycles. The van der Waals surface area contributed by atoms with Crippen molar-refractivity contribution in [2.75, 3.05) is 7.11 Å².